The Bertz CT molecular complexity index is 583. The molecule has 2 aromatic rings. The Morgan fingerprint density at radius 2 is 1.65 bits per heavy atom. The molecule has 0 aliphatic heterocycles. The predicted octanol–water partition coefficient (Wildman–Crippen LogP) is 4.13. The number of hydrogen-bond acceptors (Lipinski definition) is 3. The number of Topliss-reactive ketones (excluding diaryl/α,β-unsaturated/α-hetero) is 1. The van der Waals surface area contributed by atoms with Crippen LogP contribution < -0.4 is 0 Å². The van der Waals surface area contributed by atoms with E-state index in [1.54, 1.807) is 36.0 Å². The zero-order valence-electron chi connectivity index (χ0n) is 11.7. The highest BCUT2D eigenvalue weighted by Gasteiger charge is 2.06. The molecule has 0 heterocycles. The van der Waals surface area contributed by atoms with Crippen LogP contribution in [0.1, 0.15) is 27.0 Å². The van der Waals surface area contributed by atoms with Crippen molar-refractivity contribution in [2.45, 2.75) is 19.6 Å². The molecule has 3 heteroatoms. The second kappa shape index (κ2) is 6.62. The lowest BCUT2D eigenvalue weighted by molar-refractivity contribution is 0.102. The Balaban J connectivity index is 1.89. The van der Waals surface area contributed by atoms with Crippen molar-refractivity contribution in [3.63, 3.8) is 0 Å². The van der Waals surface area contributed by atoms with Gasteiger partial charge in [-0.3, -0.25) is 4.79 Å². The first-order chi connectivity index (χ1) is 9.54. The average molecular weight is 286 g/mol. The zero-order valence-corrected chi connectivity index (χ0v) is 12.5. The molecule has 2 rings (SSSR count). The SMILES string of the molecule is Cc1cc(C)cc(CSCC(=O)c2ccc(O)cc2)c1. The third kappa shape index (κ3) is 4.14. The zero-order chi connectivity index (χ0) is 14.5. The number of thioether (sulfide) groups is 1. The minimum absolute atomic E-state index is 0.0966. The van der Waals surface area contributed by atoms with Gasteiger partial charge in [0.2, 0.25) is 0 Å². The maximum Gasteiger partial charge on any atom is 0.172 e. The van der Waals surface area contributed by atoms with Crippen molar-refractivity contribution in [1.82, 2.24) is 0 Å². The number of aromatic hydroxyl groups is 1. The first kappa shape index (κ1) is 14.7. The highest BCUT2D eigenvalue weighted by molar-refractivity contribution is 7.99. The van der Waals surface area contributed by atoms with Crippen LogP contribution >= 0.6 is 11.8 Å². The molecular weight excluding hydrogens is 268 g/mol. The van der Waals surface area contributed by atoms with E-state index in [0.29, 0.717) is 11.3 Å². The third-order valence-electron chi connectivity index (χ3n) is 2.97. The van der Waals surface area contributed by atoms with Crippen molar-refractivity contribution >= 4 is 17.5 Å². The molecule has 0 radical (unpaired) electrons. The van der Waals surface area contributed by atoms with Crippen LogP contribution in [0.25, 0.3) is 0 Å². The molecule has 0 atom stereocenters. The van der Waals surface area contributed by atoms with Crippen LogP contribution in [0.15, 0.2) is 42.5 Å². The molecule has 0 bridgehead atoms. The molecule has 0 aliphatic rings. The molecule has 0 unspecified atom stereocenters. The van der Waals surface area contributed by atoms with E-state index in [4.69, 9.17) is 0 Å². The molecule has 0 amide bonds. The van der Waals surface area contributed by atoms with Crippen molar-refractivity contribution in [1.29, 1.82) is 0 Å². The van der Waals surface area contributed by atoms with Crippen LogP contribution in [0.5, 0.6) is 5.75 Å². The van der Waals surface area contributed by atoms with E-state index in [2.05, 4.69) is 32.0 Å². The van der Waals surface area contributed by atoms with Crippen LogP contribution in [0, 0.1) is 13.8 Å². The normalized spacial score (nSPS) is 10.5. The van der Waals surface area contributed by atoms with E-state index in [1.165, 1.54) is 16.7 Å². The summed E-state index contributed by atoms with van der Waals surface area (Å²) in [6, 6.07) is 12.9. The largest absolute Gasteiger partial charge is 0.508 e. The fourth-order valence-corrected chi connectivity index (χ4v) is 3.00. The molecule has 0 fully saturated rings. The van der Waals surface area contributed by atoms with Gasteiger partial charge in [-0.25, -0.2) is 0 Å². The summed E-state index contributed by atoms with van der Waals surface area (Å²) in [6.45, 7) is 4.17. The molecule has 20 heavy (non-hydrogen) atoms. The van der Waals surface area contributed by atoms with Gasteiger partial charge >= 0.3 is 0 Å². The van der Waals surface area contributed by atoms with Gasteiger partial charge < -0.3 is 5.11 Å². The Morgan fingerprint density at radius 3 is 2.25 bits per heavy atom. The molecule has 0 aromatic heterocycles. The molecule has 0 saturated carbocycles. The van der Waals surface area contributed by atoms with Gasteiger partial charge in [0.15, 0.2) is 5.78 Å². The summed E-state index contributed by atoms with van der Waals surface area (Å²) < 4.78 is 0. The van der Waals surface area contributed by atoms with E-state index in [-0.39, 0.29) is 11.5 Å². The number of carbonyl (C=O) groups excluding carboxylic acids is 1. The van der Waals surface area contributed by atoms with Crippen molar-refractivity contribution < 1.29 is 9.90 Å². The first-order valence-electron chi connectivity index (χ1n) is 6.52. The number of rotatable bonds is 5. The monoisotopic (exact) mass is 286 g/mol. The van der Waals surface area contributed by atoms with Crippen LogP contribution in [0.4, 0.5) is 0 Å². The molecule has 1 N–H and O–H groups in total. The number of aryl methyl sites for hydroxylation is 2. The lowest BCUT2D eigenvalue weighted by Gasteiger charge is -2.05. The highest BCUT2D eigenvalue weighted by atomic mass is 32.2. The summed E-state index contributed by atoms with van der Waals surface area (Å²) in [5.74, 6) is 1.58. The summed E-state index contributed by atoms with van der Waals surface area (Å²) in [5, 5.41) is 9.20. The molecule has 104 valence electrons. The van der Waals surface area contributed by atoms with E-state index < -0.39 is 0 Å². The van der Waals surface area contributed by atoms with E-state index >= 15 is 0 Å². The minimum atomic E-state index is 0.0966. The van der Waals surface area contributed by atoms with Crippen LogP contribution in [-0.4, -0.2) is 16.6 Å². The molecule has 0 aliphatic carbocycles. The van der Waals surface area contributed by atoms with Crippen LogP contribution in [0.2, 0.25) is 0 Å². The number of phenols is 1. The quantitative estimate of drug-likeness (QED) is 0.840. The van der Waals surface area contributed by atoms with Crippen molar-refractivity contribution in [3.8, 4) is 5.75 Å². The van der Waals surface area contributed by atoms with E-state index in [1.807, 2.05) is 0 Å². The van der Waals surface area contributed by atoms with Gasteiger partial charge in [0.05, 0.1) is 5.75 Å². The minimum Gasteiger partial charge on any atom is -0.508 e. The van der Waals surface area contributed by atoms with Crippen molar-refractivity contribution in [2.24, 2.45) is 0 Å². The standard InChI is InChI=1S/C17H18O2S/c1-12-7-13(2)9-14(8-12)10-20-11-17(19)15-3-5-16(18)6-4-15/h3-9,18H,10-11H2,1-2H3. The fourth-order valence-electron chi connectivity index (χ4n) is 2.14. The number of ketones is 1. The number of phenolic OH excluding ortho intramolecular Hbond substituents is 1. The third-order valence-corrected chi connectivity index (χ3v) is 3.98. The number of hydrogen-bond donors (Lipinski definition) is 1. The Labute approximate surface area is 123 Å². The van der Waals surface area contributed by atoms with Crippen LogP contribution in [-0.2, 0) is 5.75 Å². The van der Waals surface area contributed by atoms with Gasteiger partial charge in [-0.2, -0.15) is 0 Å². The van der Waals surface area contributed by atoms with Gasteiger partial charge in [0.25, 0.3) is 0 Å². The Hall–Kier alpha value is -1.74. The molecule has 0 saturated heterocycles. The van der Waals surface area contributed by atoms with E-state index in [9.17, 15) is 9.90 Å². The van der Waals surface area contributed by atoms with Gasteiger partial charge in [-0.1, -0.05) is 29.3 Å². The molecule has 0 spiro atoms. The maximum atomic E-state index is 12.0. The molecular formula is C17H18O2S. The lowest BCUT2D eigenvalue weighted by atomic mass is 10.1. The topological polar surface area (TPSA) is 37.3 Å². The Morgan fingerprint density at radius 1 is 1.05 bits per heavy atom. The van der Waals surface area contributed by atoms with Gasteiger partial charge in [-0.15, -0.1) is 11.8 Å². The summed E-state index contributed by atoms with van der Waals surface area (Å²) >= 11 is 1.62. The lowest BCUT2D eigenvalue weighted by Crippen LogP contribution is -2.02. The van der Waals surface area contributed by atoms with Gasteiger partial charge in [0, 0.05) is 11.3 Å². The highest BCUT2D eigenvalue weighted by Crippen LogP contribution is 2.18. The van der Waals surface area contributed by atoms with E-state index in [0.717, 1.165) is 5.75 Å². The number of benzene rings is 2. The van der Waals surface area contributed by atoms with Gasteiger partial charge in [-0.05, 0) is 43.7 Å². The molecule has 2 aromatic carbocycles. The summed E-state index contributed by atoms with van der Waals surface area (Å²) in [5.41, 5.74) is 4.41. The smallest absolute Gasteiger partial charge is 0.172 e. The van der Waals surface area contributed by atoms with Crippen molar-refractivity contribution in [3.05, 3.63) is 64.7 Å². The second-order valence-electron chi connectivity index (χ2n) is 4.96. The summed E-state index contributed by atoms with van der Waals surface area (Å²) in [7, 11) is 0. The van der Waals surface area contributed by atoms with Gasteiger partial charge in [0.1, 0.15) is 5.75 Å². The summed E-state index contributed by atoms with van der Waals surface area (Å²) in [6.07, 6.45) is 0. The average Bonchev–Trinajstić information content (AvgIpc) is 2.38. The first-order valence-corrected chi connectivity index (χ1v) is 7.67. The Kier molecular flexibility index (Phi) is 4.85. The maximum absolute atomic E-state index is 12.0. The van der Waals surface area contributed by atoms with Crippen LogP contribution in [0.3, 0.4) is 0 Å². The second-order valence-corrected chi connectivity index (χ2v) is 5.94. The predicted molar refractivity (Wildman–Crippen MR) is 84.5 cm³/mol. The number of carbonyl (C=O) groups is 1. The summed E-state index contributed by atoms with van der Waals surface area (Å²) in [4.78, 5) is 12.0. The van der Waals surface area contributed by atoms with Crippen molar-refractivity contribution in [2.75, 3.05) is 5.75 Å². The molecule has 2 nitrogen and oxygen atoms in total. The fraction of sp³-hybridized carbons (Fsp3) is 0.235.